The Morgan fingerprint density at radius 2 is 1.86 bits per heavy atom. The van der Waals surface area contributed by atoms with Crippen LogP contribution >= 0.6 is 0 Å². The molecule has 0 saturated heterocycles. The number of hydrogen-bond acceptors (Lipinski definition) is 6. The summed E-state index contributed by atoms with van der Waals surface area (Å²) in [6, 6.07) is 1.76. The Hall–Kier alpha value is -2.89. The molecule has 0 saturated carbocycles. The van der Waals surface area contributed by atoms with Gasteiger partial charge in [0.1, 0.15) is 16.3 Å². The van der Waals surface area contributed by atoms with Gasteiger partial charge in [-0.15, -0.1) is 0 Å². The lowest BCUT2D eigenvalue weighted by Crippen LogP contribution is -2.29. The van der Waals surface area contributed by atoms with Gasteiger partial charge in [0.15, 0.2) is 21.5 Å². The van der Waals surface area contributed by atoms with E-state index in [1.54, 1.807) is 0 Å². The zero-order chi connectivity index (χ0) is 21.7. The fraction of sp³-hybridized carbons (Fsp3) is 0.294. The molecule has 29 heavy (non-hydrogen) atoms. The third-order valence-electron chi connectivity index (χ3n) is 4.12. The summed E-state index contributed by atoms with van der Waals surface area (Å²) < 4.78 is 83.7. The second kappa shape index (κ2) is 6.87. The number of anilines is 1. The fourth-order valence-corrected chi connectivity index (χ4v) is 3.84. The summed E-state index contributed by atoms with van der Waals surface area (Å²) in [4.78, 5) is 6.64. The van der Waals surface area contributed by atoms with Gasteiger partial charge in [-0.25, -0.2) is 17.8 Å². The summed E-state index contributed by atoms with van der Waals surface area (Å²) in [6.07, 6.45) is 2.09. The van der Waals surface area contributed by atoms with E-state index in [0.717, 1.165) is 28.9 Å². The molecule has 3 heterocycles. The molecule has 0 amide bonds. The predicted molar refractivity (Wildman–Crippen MR) is 96.3 cm³/mol. The number of fused-ring (bicyclic) bond motifs is 1. The van der Waals surface area contributed by atoms with Crippen molar-refractivity contribution in [3.8, 4) is 17.0 Å². The van der Waals surface area contributed by atoms with Crippen molar-refractivity contribution in [2.45, 2.75) is 37.0 Å². The van der Waals surface area contributed by atoms with E-state index in [0.29, 0.717) is 0 Å². The van der Waals surface area contributed by atoms with Crippen LogP contribution in [0.15, 0.2) is 29.4 Å². The Labute approximate surface area is 163 Å². The summed E-state index contributed by atoms with van der Waals surface area (Å²) in [7, 11) is -4.16. The first-order chi connectivity index (χ1) is 13.3. The number of sulfone groups is 1. The lowest BCUT2D eigenvalue weighted by Gasteiger charge is -2.21. The van der Waals surface area contributed by atoms with Crippen molar-refractivity contribution in [1.82, 2.24) is 14.4 Å². The Balaban J connectivity index is 2.34. The maximum absolute atomic E-state index is 14.3. The molecule has 12 heteroatoms. The molecule has 0 aliphatic carbocycles. The molecular weight excluding hydrogens is 416 g/mol. The van der Waals surface area contributed by atoms with Crippen molar-refractivity contribution in [3.63, 3.8) is 0 Å². The number of halogens is 4. The Morgan fingerprint density at radius 1 is 1.21 bits per heavy atom. The van der Waals surface area contributed by atoms with E-state index in [-0.39, 0.29) is 16.9 Å². The first-order valence-corrected chi connectivity index (χ1v) is 9.63. The molecule has 0 aliphatic rings. The zero-order valence-corrected chi connectivity index (χ0v) is 16.3. The van der Waals surface area contributed by atoms with Crippen molar-refractivity contribution in [3.05, 3.63) is 36.3 Å². The lowest BCUT2D eigenvalue weighted by molar-refractivity contribution is -0.0517. The largest absolute Gasteiger partial charge is 0.433 e. The number of aromatic nitrogens is 3. The number of ether oxygens (including phenoxy) is 1. The van der Waals surface area contributed by atoms with Gasteiger partial charge in [0.05, 0.1) is 22.2 Å². The molecule has 3 rings (SSSR count). The molecular formula is C17H16F4N4O3S. The number of rotatable bonds is 4. The van der Waals surface area contributed by atoms with E-state index >= 15 is 0 Å². The highest BCUT2D eigenvalue weighted by Gasteiger charge is 2.35. The predicted octanol–water partition coefficient (Wildman–Crippen LogP) is 3.43. The van der Waals surface area contributed by atoms with Crippen LogP contribution in [0.3, 0.4) is 0 Å². The number of imidazole rings is 1. The number of alkyl halides is 2. The minimum atomic E-state index is -4.16. The van der Waals surface area contributed by atoms with Gasteiger partial charge in [0, 0.05) is 12.3 Å². The summed E-state index contributed by atoms with van der Waals surface area (Å²) in [5.74, 6) is -3.36. The van der Waals surface area contributed by atoms with Crippen LogP contribution in [0.4, 0.5) is 23.4 Å². The Bertz CT molecular complexity index is 1200. The molecule has 0 aromatic carbocycles. The smallest absolute Gasteiger partial charge is 0.387 e. The van der Waals surface area contributed by atoms with E-state index < -0.39 is 49.4 Å². The zero-order valence-electron chi connectivity index (χ0n) is 15.5. The van der Waals surface area contributed by atoms with Crippen LogP contribution in [0.1, 0.15) is 20.8 Å². The third-order valence-corrected chi connectivity index (χ3v) is 6.62. The molecule has 3 aromatic rings. The van der Waals surface area contributed by atoms with Crippen molar-refractivity contribution < 1.29 is 30.7 Å². The monoisotopic (exact) mass is 432 g/mol. The lowest BCUT2D eigenvalue weighted by atomic mass is 10.2. The maximum Gasteiger partial charge on any atom is 0.387 e. The topological polar surface area (TPSA) is 99.6 Å². The fourth-order valence-electron chi connectivity index (χ4n) is 2.57. The van der Waals surface area contributed by atoms with Gasteiger partial charge in [-0.1, -0.05) is 0 Å². The van der Waals surface area contributed by atoms with Gasteiger partial charge in [0.25, 0.3) is 0 Å². The van der Waals surface area contributed by atoms with Gasteiger partial charge < -0.3 is 10.5 Å². The van der Waals surface area contributed by atoms with E-state index in [1.165, 1.54) is 20.8 Å². The SMILES string of the molecule is CC(C)(C)S(=O)(=O)c1cn2c(-c3cc(F)c(N)nc3F)cnc2cc1OC(F)F. The molecule has 0 fully saturated rings. The van der Waals surface area contributed by atoms with Crippen LogP contribution in [-0.4, -0.2) is 34.1 Å². The van der Waals surface area contributed by atoms with Crippen LogP contribution in [-0.2, 0) is 9.84 Å². The highest BCUT2D eigenvalue weighted by Crippen LogP contribution is 2.35. The van der Waals surface area contributed by atoms with E-state index in [1.807, 2.05) is 0 Å². The minimum absolute atomic E-state index is 0.0276. The number of nitrogens with zero attached hydrogens (tertiary/aromatic N) is 3. The van der Waals surface area contributed by atoms with Crippen molar-refractivity contribution in [2.75, 3.05) is 5.73 Å². The van der Waals surface area contributed by atoms with Gasteiger partial charge >= 0.3 is 6.61 Å². The van der Waals surface area contributed by atoms with Crippen molar-refractivity contribution in [2.24, 2.45) is 0 Å². The highest BCUT2D eigenvalue weighted by molar-refractivity contribution is 7.92. The second-order valence-electron chi connectivity index (χ2n) is 7.06. The first-order valence-electron chi connectivity index (χ1n) is 8.15. The molecule has 0 aliphatic heterocycles. The second-order valence-corrected chi connectivity index (χ2v) is 9.73. The number of nitrogens with two attached hydrogens (primary N) is 1. The molecule has 0 spiro atoms. The molecule has 2 N–H and O–H groups in total. The standard InChI is InChI=1S/C17H16F4N4O3S/c1-17(2,3)29(26,27)12-7-25-10(8-4-9(18)15(22)24-14(8)19)6-23-13(25)5-11(12)28-16(20)21/h4-7,16H,1-3H3,(H2,22,24). The van der Waals surface area contributed by atoms with Crippen LogP contribution in [0.5, 0.6) is 5.75 Å². The third kappa shape index (κ3) is 3.59. The van der Waals surface area contributed by atoms with Crippen molar-refractivity contribution >= 4 is 21.3 Å². The minimum Gasteiger partial charge on any atom is -0.433 e. The number of pyridine rings is 2. The Kier molecular flexibility index (Phi) is 4.93. The average Bonchev–Trinajstić information content (AvgIpc) is 2.98. The van der Waals surface area contributed by atoms with Crippen LogP contribution in [0.25, 0.3) is 16.9 Å². The number of nitrogen functional groups attached to an aromatic ring is 1. The normalized spacial score (nSPS) is 12.7. The quantitative estimate of drug-likeness (QED) is 0.501. The molecule has 0 bridgehead atoms. The van der Waals surface area contributed by atoms with E-state index in [4.69, 9.17) is 5.73 Å². The summed E-state index contributed by atoms with van der Waals surface area (Å²) in [6.45, 7) is 0.861. The first kappa shape index (κ1) is 20.8. The maximum atomic E-state index is 14.3. The molecule has 7 nitrogen and oxygen atoms in total. The van der Waals surface area contributed by atoms with E-state index in [9.17, 15) is 26.0 Å². The van der Waals surface area contributed by atoms with E-state index in [2.05, 4.69) is 14.7 Å². The van der Waals surface area contributed by atoms with Gasteiger partial charge in [-0.3, -0.25) is 4.40 Å². The average molecular weight is 432 g/mol. The molecule has 0 unspecified atom stereocenters. The van der Waals surface area contributed by atoms with Crippen LogP contribution in [0, 0.1) is 11.8 Å². The summed E-state index contributed by atoms with van der Waals surface area (Å²) in [5, 5.41) is 0. The number of hydrogen-bond donors (Lipinski definition) is 1. The molecule has 3 aromatic heterocycles. The highest BCUT2D eigenvalue weighted by atomic mass is 32.2. The summed E-state index contributed by atoms with van der Waals surface area (Å²) >= 11 is 0. The van der Waals surface area contributed by atoms with Gasteiger partial charge in [-0.05, 0) is 26.8 Å². The van der Waals surface area contributed by atoms with Gasteiger partial charge in [-0.2, -0.15) is 18.2 Å². The Morgan fingerprint density at radius 3 is 2.45 bits per heavy atom. The van der Waals surface area contributed by atoms with Crippen LogP contribution in [0.2, 0.25) is 0 Å². The van der Waals surface area contributed by atoms with Crippen molar-refractivity contribution in [1.29, 1.82) is 0 Å². The molecule has 0 atom stereocenters. The van der Waals surface area contributed by atoms with Gasteiger partial charge in [0.2, 0.25) is 5.95 Å². The summed E-state index contributed by atoms with van der Waals surface area (Å²) in [5.41, 5.74) is 4.81. The molecule has 0 radical (unpaired) electrons. The van der Waals surface area contributed by atoms with Crippen LogP contribution < -0.4 is 10.5 Å². The molecule has 156 valence electrons.